The lowest BCUT2D eigenvalue weighted by Gasteiger charge is -2.43. The minimum Gasteiger partial charge on any atom is -0.383 e. The maximum atomic E-state index is 13.6. The first-order valence-electron chi connectivity index (χ1n) is 12.6. The van der Waals surface area contributed by atoms with E-state index in [1.54, 1.807) is 17.0 Å². The second kappa shape index (κ2) is 8.13. The summed E-state index contributed by atoms with van der Waals surface area (Å²) in [5, 5.41) is 27.9. The Labute approximate surface area is 210 Å². The highest BCUT2D eigenvalue weighted by Crippen LogP contribution is 2.52. The first-order chi connectivity index (χ1) is 17.3. The molecule has 0 bridgehead atoms. The average molecular weight is 486 g/mol. The topological polar surface area (TPSA) is 93.1 Å². The van der Waals surface area contributed by atoms with Gasteiger partial charge in [0.2, 0.25) is 5.91 Å². The van der Waals surface area contributed by atoms with Crippen molar-refractivity contribution >= 4 is 28.3 Å². The Kier molecular flexibility index (Phi) is 5.23. The lowest BCUT2D eigenvalue weighted by molar-refractivity contribution is -0.143. The third-order valence-electron chi connectivity index (χ3n) is 8.42. The molecule has 3 aromatic carbocycles. The van der Waals surface area contributed by atoms with Crippen LogP contribution in [0.1, 0.15) is 48.9 Å². The lowest BCUT2D eigenvalue weighted by atomic mass is 9.89. The fourth-order valence-electron chi connectivity index (χ4n) is 6.74. The van der Waals surface area contributed by atoms with Gasteiger partial charge in [-0.3, -0.25) is 14.5 Å². The molecule has 2 aliphatic heterocycles. The Morgan fingerprint density at radius 2 is 1.67 bits per heavy atom. The largest absolute Gasteiger partial charge is 0.383 e. The van der Waals surface area contributed by atoms with Gasteiger partial charge in [-0.05, 0) is 47.7 Å². The molecule has 0 spiro atoms. The maximum Gasteiger partial charge on any atom is 0.264 e. The zero-order valence-electron chi connectivity index (χ0n) is 20.6. The van der Waals surface area contributed by atoms with Gasteiger partial charge in [0.25, 0.3) is 5.91 Å². The second-order valence-electron chi connectivity index (χ2n) is 10.5. The molecule has 2 amide bonds. The molecule has 3 N–H and O–H groups in total. The van der Waals surface area contributed by atoms with Crippen molar-refractivity contribution in [2.45, 2.75) is 49.5 Å². The molecule has 0 radical (unpaired) electrons. The van der Waals surface area contributed by atoms with Crippen LogP contribution in [-0.4, -0.2) is 53.1 Å². The van der Waals surface area contributed by atoms with Crippen LogP contribution >= 0.6 is 0 Å². The predicted molar refractivity (Wildman–Crippen MR) is 137 cm³/mol. The summed E-state index contributed by atoms with van der Waals surface area (Å²) < 4.78 is 0. The zero-order valence-corrected chi connectivity index (χ0v) is 20.6. The molecule has 3 aliphatic rings. The number of nitrogens with one attached hydrogen (secondary N) is 1. The number of piperidine rings is 1. The number of aliphatic hydroxyl groups is 2. The van der Waals surface area contributed by atoms with Crippen LogP contribution in [0.4, 0.5) is 5.69 Å². The Morgan fingerprint density at radius 3 is 2.39 bits per heavy atom. The van der Waals surface area contributed by atoms with E-state index < -0.39 is 17.1 Å². The molecule has 3 aromatic rings. The van der Waals surface area contributed by atoms with E-state index in [0.717, 1.165) is 21.9 Å². The molecule has 3 atom stereocenters. The average Bonchev–Trinajstić information content (AvgIpc) is 3.25. The molecule has 36 heavy (non-hydrogen) atoms. The normalized spacial score (nSPS) is 28.1. The van der Waals surface area contributed by atoms with Crippen molar-refractivity contribution in [3.63, 3.8) is 0 Å². The molecule has 186 valence electrons. The summed E-state index contributed by atoms with van der Waals surface area (Å²) in [5.41, 5.74) is 0.402. The fraction of sp³-hybridized carbons (Fsp3) is 0.379. The van der Waals surface area contributed by atoms with Crippen molar-refractivity contribution in [3.8, 4) is 0 Å². The second-order valence-corrected chi connectivity index (χ2v) is 10.5. The molecule has 0 aromatic heterocycles. The first kappa shape index (κ1) is 23.2. The summed E-state index contributed by atoms with van der Waals surface area (Å²) >= 11 is 0. The molecule has 0 saturated carbocycles. The number of hydrogen-bond donors (Lipinski definition) is 3. The van der Waals surface area contributed by atoms with Crippen LogP contribution in [0.5, 0.6) is 0 Å². The van der Waals surface area contributed by atoms with E-state index in [2.05, 4.69) is 34.5 Å². The standard InChI is InChI=1S/C29H31N3O4/c1-28(35)22-11-6-8-18-7-5-9-20(25(18)22)26(28)31-15-13-19(14-16-31)32-23-12-4-3-10-21(23)29(36,27(32)34)17-24(33)30-2/h3-12,19,26,35-36H,13-17H2,1-2H3,(H,30,33)/t26-,28-,29?/m0/s1. The fourth-order valence-corrected chi connectivity index (χ4v) is 6.74. The van der Waals surface area contributed by atoms with Crippen molar-refractivity contribution in [2.24, 2.45) is 0 Å². The highest BCUT2D eigenvalue weighted by atomic mass is 16.3. The van der Waals surface area contributed by atoms with Gasteiger partial charge in [0.05, 0.1) is 18.2 Å². The number of anilines is 1. The number of amides is 2. The maximum absolute atomic E-state index is 13.6. The highest BCUT2D eigenvalue weighted by molar-refractivity contribution is 6.09. The van der Waals surface area contributed by atoms with Gasteiger partial charge >= 0.3 is 0 Å². The Hall–Kier alpha value is -3.26. The molecule has 7 heteroatoms. The number of nitrogens with zero attached hydrogens (tertiary/aromatic N) is 2. The number of rotatable bonds is 4. The number of hydrogen-bond acceptors (Lipinski definition) is 5. The van der Waals surface area contributed by atoms with E-state index in [9.17, 15) is 19.8 Å². The summed E-state index contributed by atoms with van der Waals surface area (Å²) in [6.07, 6.45) is 1.10. The van der Waals surface area contributed by atoms with Crippen molar-refractivity contribution in [1.82, 2.24) is 10.2 Å². The predicted octanol–water partition coefficient (Wildman–Crippen LogP) is 2.94. The summed E-state index contributed by atoms with van der Waals surface area (Å²) in [6, 6.07) is 19.3. The molecule has 7 nitrogen and oxygen atoms in total. The van der Waals surface area contributed by atoms with Gasteiger partial charge in [-0.25, -0.2) is 0 Å². The van der Waals surface area contributed by atoms with Crippen LogP contribution in [0, 0.1) is 0 Å². The van der Waals surface area contributed by atoms with Crippen molar-refractivity contribution in [2.75, 3.05) is 25.0 Å². The first-order valence-corrected chi connectivity index (χ1v) is 12.6. The van der Waals surface area contributed by atoms with Crippen molar-refractivity contribution < 1.29 is 19.8 Å². The number of likely N-dealkylation sites (tertiary alicyclic amines) is 1. The van der Waals surface area contributed by atoms with Gasteiger partial charge in [-0.2, -0.15) is 0 Å². The van der Waals surface area contributed by atoms with Crippen LogP contribution in [0.2, 0.25) is 0 Å². The molecule has 1 saturated heterocycles. The minimum atomic E-state index is -1.86. The van der Waals surface area contributed by atoms with Gasteiger partial charge in [0.15, 0.2) is 5.60 Å². The molecular formula is C29H31N3O4. The molecule has 1 unspecified atom stereocenters. The zero-order chi connectivity index (χ0) is 25.2. The molecular weight excluding hydrogens is 454 g/mol. The van der Waals surface area contributed by atoms with Crippen molar-refractivity contribution in [3.05, 3.63) is 77.4 Å². The van der Waals surface area contributed by atoms with Crippen LogP contribution < -0.4 is 10.2 Å². The molecule has 1 fully saturated rings. The number of fused-ring (bicyclic) bond motifs is 1. The third-order valence-corrected chi connectivity index (χ3v) is 8.42. The van der Waals surface area contributed by atoms with Crippen LogP contribution in [0.25, 0.3) is 10.8 Å². The highest BCUT2D eigenvalue weighted by Gasteiger charge is 2.53. The Morgan fingerprint density at radius 1 is 1.00 bits per heavy atom. The quantitative estimate of drug-likeness (QED) is 0.529. The summed E-state index contributed by atoms with van der Waals surface area (Å²) in [5.74, 6) is -0.815. The van der Waals surface area contributed by atoms with E-state index in [1.165, 1.54) is 7.05 Å². The van der Waals surface area contributed by atoms with E-state index >= 15 is 0 Å². The molecule has 1 aliphatic carbocycles. The smallest absolute Gasteiger partial charge is 0.264 e. The number of para-hydroxylation sites is 1. The van der Waals surface area contributed by atoms with Crippen LogP contribution in [-0.2, 0) is 20.8 Å². The number of carbonyl (C=O) groups is 2. The SMILES string of the molecule is CNC(=O)CC1(O)C(=O)N(C2CCN([C@H]3c4cccc5cccc(c45)[C@]3(C)O)CC2)c2ccccc21. The summed E-state index contributed by atoms with van der Waals surface area (Å²) in [4.78, 5) is 29.8. The summed E-state index contributed by atoms with van der Waals surface area (Å²) in [7, 11) is 1.50. The molecule has 6 rings (SSSR count). The summed E-state index contributed by atoms with van der Waals surface area (Å²) in [6.45, 7) is 3.31. The Bertz CT molecular complexity index is 1370. The van der Waals surface area contributed by atoms with Gasteiger partial charge in [0, 0.05) is 31.7 Å². The minimum absolute atomic E-state index is 0.0990. The molecule has 2 heterocycles. The van der Waals surface area contributed by atoms with E-state index in [1.807, 2.05) is 31.2 Å². The van der Waals surface area contributed by atoms with Gasteiger partial charge in [-0.15, -0.1) is 0 Å². The van der Waals surface area contributed by atoms with E-state index in [-0.39, 0.29) is 24.4 Å². The number of benzene rings is 3. The number of carbonyl (C=O) groups excluding carboxylic acids is 2. The lowest BCUT2D eigenvalue weighted by Crippen LogP contribution is -2.52. The van der Waals surface area contributed by atoms with E-state index in [4.69, 9.17) is 0 Å². The van der Waals surface area contributed by atoms with E-state index in [0.29, 0.717) is 37.2 Å². The third kappa shape index (κ3) is 3.16. The van der Waals surface area contributed by atoms with Gasteiger partial charge < -0.3 is 20.4 Å². The van der Waals surface area contributed by atoms with Crippen LogP contribution in [0.3, 0.4) is 0 Å². The van der Waals surface area contributed by atoms with Crippen molar-refractivity contribution in [1.29, 1.82) is 0 Å². The van der Waals surface area contributed by atoms with Gasteiger partial charge in [0.1, 0.15) is 5.60 Å². The van der Waals surface area contributed by atoms with Crippen LogP contribution in [0.15, 0.2) is 60.7 Å². The Balaban J connectivity index is 1.27. The monoisotopic (exact) mass is 485 g/mol. The van der Waals surface area contributed by atoms with Gasteiger partial charge in [-0.1, -0.05) is 54.6 Å².